The van der Waals surface area contributed by atoms with Gasteiger partial charge >= 0.3 is 5.97 Å². The van der Waals surface area contributed by atoms with Crippen LogP contribution in [0.3, 0.4) is 0 Å². The quantitative estimate of drug-likeness (QED) is 0.0244. The Balaban J connectivity index is 4.54. The van der Waals surface area contributed by atoms with E-state index in [9.17, 15) is 19.8 Å². The van der Waals surface area contributed by atoms with Crippen LogP contribution in [0.2, 0.25) is 0 Å². The number of hydrogen-bond acceptors (Lipinski definition) is 5. The first-order chi connectivity index (χ1) is 33.0. The van der Waals surface area contributed by atoms with Crippen molar-refractivity contribution in [2.45, 2.75) is 334 Å². The molecule has 0 aromatic carbocycles. The van der Waals surface area contributed by atoms with Crippen molar-refractivity contribution < 1.29 is 24.5 Å². The second-order valence-electron chi connectivity index (χ2n) is 20.4. The first-order valence-corrected chi connectivity index (χ1v) is 29.7. The van der Waals surface area contributed by atoms with Gasteiger partial charge in [-0.25, -0.2) is 0 Å². The van der Waals surface area contributed by atoms with E-state index in [0.29, 0.717) is 19.3 Å². The Labute approximate surface area is 417 Å². The predicted octanol–water partition coefficient (Wildman–Crippen LogP) is 18.4. The second-order valence-corrected chi connectivity index (χ2v) is 20.4. The standard InChI is InChI=1S/C61H115NO5/c1-4-7-10-13-16-19-22-25-28-29-30-31-33-36-39-42-45-48-51-54-61(66)67-57(52-49-46-43-40-37-34-27-24-21-18-15-12-9-6-3)55-60(65)62-58(56-63)59(64)53-50-47-44-41-38-35-32-26-23-20-17-14-11-8-5-2/h25,28,34,37,40,43,57-59,63-64H,4-24,26-27,29-33,35-36,38-39,41-42,44-56H2,1-3H3,(H,62,65)/b28-25+,37-34+,43-40+. The van der Waals surface area contributed by atoms with Gasteiger partial charge in [-0.3, -0.25) is 9.59 Å². The number of allylic oxidation sites excluding steroid dienone is 6. The molecule has 6 heteroatoms. The molecular weight excluding hydrogens is 827 g/mol. The van der Waals surface area contributed by atoms with Crippen LogP contribution in [0.15, 0.2) is 36.5 Å². The van der Waals surface area contributed by atoms with E-state index in [1.807, 2.05) is 0 Å². The van der Waals surface area contributed by atoms with Crippen molar-refractivity contribution in [1.82, 2.24) is 5.32 Å². The summed E-state index contributed by atoms with van der Waals surface area (Å²) < 4.78 is 5.94. The maximum absolute atomic E-state index is 13.3. The fourth-order valence-electron chi connectivity index (χ4n) is 9.19. The van der Waals surface area contributed by atoms with Gasteiger partial charge < -0.3 is 20.3 Å². The van der Waals surface area contributed by atoms with E-state index in [1.165, 1.54) is 212 Å². The Morgan fingerprint density at radius 1 is 0.433 bits per heavy atom. The highest BCUT2D eigenvalue weighted by Crippen LogP contribution is 2.18. The van der Waals surface area contributed by atoms with Crippen molar-refractivity contribution in [2.24, 2.45) is 0 Å². The summed E-state index contributed by atoms with van der Waals surface area (Å²) in [4.78, 5) is 26.3. The average molecular weight is 943 g/mol. The number of rotatable bonds is 54. The largest absolute Gasteiger partial charge is 0.462 e. The fourth-order valence-corrected chi connectivity index (χ4v) is 9.19. The SMILES string of the molecule is CCCCCCCC/C=C/CCCCCCCCCCCC(=O)OC(CCC/C=C/C=C/CCCCCCCCC)CC(=O)NC(CO)C(O)CCCCCCCCCCCCCCCCC. The molecule has 3 unspecified atom stereocenters. The molecule has 0 rings (SSSR count). The number of hydrogen-bond donors (Lipinski definition) is 3. The number of nitrogens with one attached hydrogen (secondary N) is 1. The first-order valence-electron chi connectivity index (χ1n) is 29.7. The molecule has 0 fully saturated rings. The van der Waals surface area contributed by atoms with Crippen LogP contribution in [0.5, 0.6) is 0 Å². The Bertz CT molecular complexity index is 1100. The van der Waals surface area contributed by atoms with Gasteiger partial charge in [-0.2, -0.15) is 0 Å². The number of aliphatic hydroxyl groups is 2. The molecule has 0 heterocycles. The molecule has 0 bridgehead atoms. The zero-order valence-electron chi connectivity index (χ0n) is 45.0. The minimum absolute atomic E-state index is 0.0471. The van der Waals surface area contributed by atoms with Gasteiger partial charge in [0.1, 0.15) is 6.10 Å². The van der Waals surface area contributed by atoms with E-state index in [2.05, 4.69) is 62.5 Å². The van der Waals surface area contributed by atoms with Crippen LogP contribution in [0.1, 0.15) is 316 Å². The van der Waals surface area contributed by atoms with Crippen LogP contribution in [0, 0.1) is 0 Å². The third-order valence-corrected chi connectivity index (χ3v) is 13.7. The molecular formula is C61H115NO5. The summed E-state index contributed by atoms with van der Waals surface area (Å²) in [7, 11) is 0. The number of aliphatic hydroxyl groups excluding tert-OH is 2. The maximum Gasteiger partial charge on any atom is 0.306 e. The highest BCUT2D eigenvalue weighted by atomic mass is 16.5. The molecule has 0 saturated carbocycles. The van der Waals surface area contributed by atoms with E-state index in [-0.39, 0.29) is 24.9 Å². The normalized spacial score (nSPS) is 13.3. The summed E-state index contributed by atoms with van der Waals surface area (Å²) in [6.45, 7) is 6.50. The van der Waals surface area contributed by atoms with Crippen molar-refractivity contribution in [3.8, 4) is 0 Å². The predicted molar refractivity (Wildman–Crippen MR) is 292 cm³/mol. The molecule has 0 aromatic heterocycles. The lowest BCUT2D eigenvalue weighted by Crippen LogP contribution is -2.46. The zero-order chi connectivity index (χ0) is 48.8. The summed E-state index contributed by atoms with van der Waals surface area (Å²) in [6.07, 6.45) is 66.5. The molecule has 3 atom stereocenters. The number of amides is 1. The van der Waals surface area contributed by atoms with Gasteiger partial charge in [0.15, 0.2) is 0 Å². The number of esters is 1. The second kappa shape index (κ2) is 55.0. The van der Waals surface area contributed by atoms with Gasteiger partial charge in [0, 0.05) is 6.42 Å². The van der Waals surface area contributed by atoms with Gasteiger partial charge in [-0.05, 0) is 70.6 Å². The van der Waals surface area contributed by atoms with Crippen molar-refractivity contribution in [3.63, 3.8) is 0 Å². The Kier molecular flexibility index (Phi) is 53.4. The van der Waals surface area contributed by atoms with Crippen molar-refractivity contribution in [1.29, 1.82) is 0 Å². The molecule has 0 radical (unpaired) electrons. The van der Waals surface area contributed by atoms with Crippen LogP contribution < -0.4 is 5.32 Å². The Morgan fingerprint density at radius 2 is 0.776 bits per heavy atom. The summed E-state index contributed by atoms with van der Waals surface area (Å²) in [5, 5.41) is 23.9. The summed E-state index contributed by atoms with van der Waals surface area (Å²) >= 11 is 0. The summed E-state index contributed by atoms with van der Waals surface area (Å²) in [6, 6.07) is -0.715. The zero-order valence-corrected chi connectivity index (χ0v) is 45.0. The number of ether oxygens (including phenoxy) is 1. The van der Waals surface area contributed by atoms with Crippen LogP contribution in [-0.2, 0) is 14.3 Å². The molecule has 0 spiro atoms. The lowest BCUT2D eigenvalue weighted by molar-refractivity contribution is -0.151. The van der Waals surface area contributed by atoms with Gasteiger partial charge in [-0.15, -0.1) is 0 Å². The minimum Gasteiger partial charge on any atom is -0.462 e. The average Bonchev–Trinajstić information content (AvgIpc) is 3.32. The molecule has 6 nitrogen and oxygen atoms in total. The number of carbonyl (C=O) groups is 2. The van der Waals surface area contributed by atoms with Gasteiger partial charge in [0.05, 0.1) is 25.2 Å². The van der Waals surface area contributed by atoms with Gasteiger partial charge in [0.25, 0.3) is 0 Å². The molecule has 3 N–H and O–H groups in total. The van der Waals surface area contributed by atoms with Crippen molar-refractivity contribution >= 4 is 11.9 Å². The van der Waals surface area contributed by atoms with Gasteiger partial charge in [0.2, 0.25) is 5.91 Å². The molecule has 0 aliphatic rings. The smallest absolute Gasteiger partial charge is 0.306 e. The van der Waals surface area contributed by atoms with Crippen LogP contribution in [0.4, 0.5) is 0 Å². The highest BCUT2D eigenvalue weighted by Gasteiger charge is 2.24. The van der Waals surface area contributed by atoms with E-state index < -0.39 is 18.2 Å². The number of carbonyl (C=O) groups excluding carboxylic acids is 2. The van der Waals surface area contributed by atoms with Crippen LogP contribution in [0.25, 0.3) is 0 Å². The first kappa shape index (κ1) is 65.1. The van der Waals surface area contributed by atoms with Crippen LogP contribution in [-0.4, -0.2) is 46.9 Å². The van der Waals surface area contributed by atoms with Crippen LogP contribution >= 0.6 is 0 Å². The Morgan fingerprint density at radius 3 is 1.18 bits per heavy atom. The molecule has 0 saturated heterocycles. The third kappa shape index (κ3) is 50.3. The summed E-state index contributed by atoms with van der Waals surface area (Å²) in [5.41, 5.74) is 0. The number of unbranched alkanes of at least 4 members (excludes halogenated alkanes) is 37. The van der Waals surface area contributed by atoms with E-state index in [0.717, 1.165) is 57.8 Å². The molecule has 1 amide bonds. The molecule has 0 aromatic rings. The van der Waals surface area contributed by atoms with Crippen molar-refractivity contribution in [2.75, 3.05) is 6.61 Å². The minimum atomic E-state index is -0.798. The van der Waals surface area contributed by atoms with E-state index in [4.69, 9.17) is 4.74 Å². The summed E-state index contributed by atoms with van der Waals surface area (Å²) in [5.74, 6) is -0.509. The molecule has 0 aliphatic heterocycles. The highest BCUT2D eigenvalue weighted by molar-refractivity contribution is 5.77. The van der Waals surface area contributed by atoms with Gasteiger partial charge in [-0.1, -0.05) is 269 Å². The monoisotopic (exact) mass is 942 g/mol. The molecule has 0 aliphatic carbocycles. The lowest BCUT2D eigenvalue weighted by Gasteiger charge is -2.24. The van der Waals surface area contributed by atoms with Crippen molar-refractivity contribution in [3.05, 3.63) is 36.5 Å². The molecule has 394 valence electrons. The third-order valence-electron chi connectivity index (χ3n) is 13.7. The maximum atomic E-state index is 13.3. The lowest BCUT2D eigenvalue weighted by atomic mass is 10.0. The Hall–Kier alpha value is -1.92. The molecule has 67 heavy (non-hydrogen) atoms. The topological polar surface area (TPSA) is 95.9 Å². The van der Waals surface area contributed by atoms with E-state index in [1.54, 1.807) is 0 Å². The van der Waals surface area contributed by atoms with E-state index >= 15 is 0 Å². The fraction of sp³-hybridized carbons (Fsp3) is 0.869.